The summed E-state index contributed by atoms with van der Waals surface area (Å²) in [7, 11) is 1.63. The molecule has 0 saturated heterocycles. The van der Waals surface area contributed by atoms with Gasteiger partial charge < -0.3 is 10.1 Å². The van der Waals surface area contributed by atoms with Crippen molar-refractivity contribution in [3.63, 3.8) is 0 Å². The standard InChI is InChI=1S/C23H17BrN2O2/c1-28-18-11-9-15(10-12-18)22-14-20(19-7-2-3-8-21(19)26-22)23(27)25-17-6-4-5-16(24)13-17/h2-14H,1H3,(H,25,27). The van der Waals surface area contributed by atoms with Gasteiger partial charge in [-0.15, -0.1) is 0 Å². The smallest absolute Gasteiger partial charge is 0.256 e. The Morgan fingerprint density at radius 3 is 2.50 bits per heavy atom. The van der Waals surface area contributed by atoms with Crippen LogP contribution in [-0.2, 0) is 0 Å². The monoisotopic (exact) mass is 432 g/mol. The SMILES string of the molecule is COc1ccc(-c2cc(C(=O)Nc3cccc(Br)c3)c3ccccc3n2)cc1. The second-order valence-electron chi connectivity index (χ2n) is 6.27. The molecule has 4 rings (SSSR count). The highest BCUT2D eigenvalue weighted by Gasteiger charge is 2.14. The summed E-state index contributed by atoms with van der Waals surface area (Å²) in [4.78, 5) is 17.8. The van der Waals surface area contributed by atoms with E-state index in [1.165, 1.54) is 0 Å². The molecule has 3 aromatic carbocycles. The van der Waals surface area contributed by atoms with Crippen molar-refractivity contribution in [1.29, 1.82) is 0 Å². The van der Waals surface area contributed by atoms with Crippen molar-refractivity contribution in [3.8, 4) is 17.0 Å². The molecule has 0 aliphatic carbocycles. The van der Waals surface area contributed by atoms with Crippen molar-refractivity contribution in [2.24, 2.45) is 0 Å². The summed E-state index contributed by atoms with van der Waals surface area (Å²) in [6, 6.07) is 24.6. The largest absolute Gasteiger partial charge is 0.497 e. The number of benzene rings is 3. The maximum atomic E-state index is 13.0. The maximum absolute atomic E-state index is 13.0. The molecule has 0 fully saturated rings. The molecule has 1 heterocycles. The average molecular weight is 433 g/mol. The summed E-state index contributed by atoms with van der Waals surface area (Å²) < 4.78 is 6.13. The fraction of sp³-hybridized carbons (Fsp3) is 0.0435. The van der Waals surface area contributed by atoms with E-state index < -0.39 is 0 Å². The van der Waals surface area contributed by atoms with Gasteiger partial charge in [0.1, 0.15) is 5.75 Å². The third-order valence-corrected chi connectivity index (χ3v) is 4.92. The average Bonchev–Trinajstić information content (AvgIpc) is 2.73. The number of hydrogen-bond acceptors (Lipinski definition) is 3. The van der Waals surface area contributed by atoms with E-state index >= 15 is 0 Å². The molecule has 4 aromatic rings. The van der Waals surface area contributed by atoms with Gasteiger partial charge in [-0.25, -0.2) is 4.98 Å². The lowest BCUT2D eigenvalue weighted by molar-refractivity contribution is 0.102. The van der Waals surface area contributed by atoms with Gasteiger partial charge in [0.25, 0.3) is 5.91 Å². The van der Waals surface area contributed by atoms with Crippen LogP contribution in [0.4, 0.5) is 5.69 Å². The Balaban J connectivity index is 1.78. The Bertz CT molecular complexity index is 1160. The lowest BCUT2D eigenvalue weighted by Crippen LogP contribution is -2.13. The number of rotatable bonds is 4. The molecule has 0 spiro atoms. The topological polar surface area (TPSA) is 51.2 Å². The minimum Gasteiger partial charge on any atom is -0.497 e. The van der Waals surface area contributed by atoms with Crippen molar-refractivity contribution in [2.45, 2.75) is 0 Å². The Kier molecular flexibility index (Phi) is 5.08. The van der Waals surface area contributed by atoms with Gasteiger partial charge in [-0.05, 0) is 54.6 Å². The molecule has 1 aromatic heterocycles. The first-order valence-corrected chi connectivity index (χ1v) is 9.54. The highest BCUT2D eigenvalue weighted by atomic mass is 79.9. The van der Waals surface area contributed by atoms with E-state index in [9.17, 15) is 4.79 Å². The van der Waals surface area contributed by atoms with E-state index in [1.54, 1.807) is 7.11 Å². The number of anilines is 1. The second-order valence-corrected chi connectivity index (χ2v) is 7.18. The Hall–Kier alpha value is -3.18. The molecule has 0 bridgehead atoms. The summed E-state index contributed by atoms with van der Waals surface area (Å²) in [6.07, 6.45) is 0. The third-order valence-electron chi connectivity index (χ3n) is 4.43. The first-order chi connectivity index (χ1) is 13.6. The zero-order valence-electron chi connectivity index (χ0n) is 15.1. The number of ether oxygens (including phenoxy) is 1. The Labute approximate surface area is 171 Å². The summed E-state index contributed by atoms with van der Waals surface area (Å²) in [5.74, 6) is 0.601. The molecule has 0 saturated carbocycles. The van der Waals surface area contributed by atoms with Crippen LogP contribution in [0, 0.1) is 0 Å². The molecule has 28 heavy (non-hydrogen) atoms. The van der Waals surface area contributed by atoms with Gasteiger partial charge in [0.2, 0.25) is 0 Å². The van der Waals surface area contributed by atoms with Crippen LogP contribution in [0.25, 0.3) is 22.2 Å². The van der Waals surface area contributed by atoms with E-state index in [0.29, 0.717) is 5.56 Å². The number of fused-ring (bicyclic) bond motifs is 1. The summed E-state index contributed by atoms with van der Waals surface area (Å²) in [5, 5.41) is 3.78. The number of aromatic nitrogens is 1. The van der Waals surface area contributed by atoms with Crippen LogP contribution in [0.5, 0.6) is 5.75 Å². The zero-order chi connectivity index (χ0) is 19.5. The number of carbonyl (C=O) groups excluding carboxylic acids is 1. The Morgan fingerprint density at radius 1 is 0.964 bits per heavy atom. The van der Waals surface area contributed by atoms with Gasteiger partial charge in [-0.3, -0.25) is 4.79 Å². The van der Waals surface area contributed by atoms with Gasteiger partial charge in [0.05, 0.1) is 23.9 Å². The highest BCUT2D eigenvalue weighted by Crippen LogP contribution is 2.27. The fourth-order valence-corrected chi connectivity index (χ4v) is 3.44. The van der Waals surface area contributed by atoms with Gasteiger partial charge in [-0.2, -0.15) is 0 Å². The number of halogens is 1. The van der Waals surface area contributed by atoms with Crippen molar-refractivity contribution < 1.29 is 9.53 Å². The van der Waals surface area contributed by atoms with Crippen molar-refractivity contribution in [1.82, 2.24) is 4.98 Å². The van der Waals surface area contributed by atoms with Crippen molar-refractivity contribution >= 4 is 38.4 Å². The molecule has 4 nitrogen and oxygen atoms in total. The number of amides is 1. The number of hydrogen-bond donors (Lipinski definition) is 1. The number of carbonyl (C=O) groups is 1. The van der Waals surface area contributed by atoms with Crippen molar-refractivity contribution in [3.05, 3.63) is 88.9 Å². The number of para-hydroxylation sites is 1. The lowest BCUT2D eigenvalue weighted by atomic mass is 10.0. The summed E-state index contributed by atoms with van der Waals surface area (Å²) in [5.41, 5.74) is 3.74. The number of nitrogens with zero attached hydrogens (tertiary/aromatic N) is 1. The lowest BCUT2D eigenvalue weighted by Gasteiger charge is -2.11. The van der Waals surface area contributed by atoms with Gasteiger partial charge in [0.15, 0.2) is 0 Å². The van der Waals surface area contributed by atoms with E-state index in [-0.39, 0.29) is 5.91 Å². The van der Waals surface area contributed by atoms with Crippen LogP contribution in [0.1, 0.15) is 10.4 Å². The van der Waals surface area contributed by atoms with Crippen LogP contribution in [0.2, 0.25) is 0 Å². The molecular formula is C23H17BrN2O2. The van der Waals surface area contributed by atoms with E-state index in [0.717, 1.165) is 38.1 Å². The molecule has 0 aliphatic heterocycles. The number of nitrogens with one attached hydrogen (secondary N) is 1. The Morgan fingerprint density at radius 2 is 1.75 bits per heavy atom. The zero-order valence-corrected chi connectivity index (χ0v) is 16.7. The molecule has 0 radical (unpaired) electrons. The number of methoxy groups -OCH3 is 1. The van der Waals surface area contributed by atoms with Crippen LogP contribution in [0.15, 0.2) is 83.3 Å². The van der Waals surface area contributed by atoms with Gasteiger partial charge in [0, 0.05) is 21.1 Å². The molecule has 1 N–H and O–H groups in total. The van der Waals surface area contributed by atoms with Crippen molar-refractivity contribution in [2.75, 3.05) is 12.4 Å². The number of pyridine rings is 1. The van der Waals surface area contributed by atoms with E-state index in [4.69, 9.17) is 9.72 Å². The predicted octanol–water partition coefficient (Wildman–Crippen LogP) is 5.93. The van der Waals surface area contributed by atoms with E-state index in [2.05, 4.69) is 21.2 Å². The van der Waals surface area contributed by atoms with Crippen LogP contribution in [0.3, 0.4) is 0 Å². The molecule has 0 atom stereocenters. The summed E-state index contributed by atoms with van der Waals surface area (Å²) in [6.45, 7) is 0. The minimum absolute atomic E-state index is 0.175. The second kappa shape index (κ2) is 7.82. The van der Waals surface area contributed by atoms with Gasteiger partial charge >= 0.3 is 0 Å². The maximum Gasteiger partial charge on any atom is 0.256 e. The fourth-order valence-electron chi connectivity index (χ4n) is 3.04. The molecule has 1 amide bonds. The predicted molar refractivity (Wildman–Crippen MR) is 116 cm³/mol. The molecule has 138 valence electrons. The van der Waals surface area contributed by atoms with Crippen LogP contribution in [-0.4, -0.2) is 18.0 Å². The van der Waals surface area contributed by atoms with Gasteiger partial charge in [-0.1, -0.05) is 40.2 Å². The molecule has 0 aliphatic rings. The first kappa shape index (κ1) is 18.2. The van der Waals surface area contributed by atoms with E-state index in [1.807, 2.05) is 78.9 Å². The molecule has 5 heteroatoms. The normalized spacial score (nSPS) is 10.6. The third kappa shape index (κ3) is 3.75. The minimum atomic E-state index is -0.175. The quantitative estimate of drug-likeness (QED) is 0.434. The summed E-state index contributed by atoms with van der Waals surface area (Å²) >= 11 is 3.43. The van der Waals surface area contributed by atoms with Crippen LogP contribution < -0.4 is 10.1 Å². The highest BCUT2D eigenvalue weighted by molar-refractivity contribution is 9.10. The first-order valence-electron chi connectivity index (χ1n) is 8.75. The van der Waals surface area contributed by atoms with Crippen LogP contribution >= 0.6 is 15.9 Å². The molecular weight excluding hydrogens is 416 g/mol. The molecule has 0 unspecified atom stereocenters.